The van der Waals surface area contributed by atoms with Gasteiger partial charge in [0.25, 0.3) is 5.56 Å². The van der Waals surface area contributed by atoms with Gasteiger partial charge in [0.1, 0.15) is 0 Å². The third kappa shape index (κ3) is 4.35. The molecular weight excluding hydrogens is 468 g/mol. The Kier molecular flexibility index (Phi) is 7.07. The first-order valence-corrected chi connectivity index (χ1v) is 11.8. The SMILES string of the molecule is CCC1=C(C(=O)OC)[C@H](c2ccccc2)n2c(s/c(=C\c3cc(OC)c(OC)c(OC)c3)c2=O)=N1. The van der Waals surface area contributed by atoms with Crippen molar-refractivity contribution in [3.63, 3.8) is 0 Å². The highest BCUT2D eigenvalue weighted by Gasteiger charge is 2.33. The molecule has 0 bridgehead atoms. The number of ether oxygens (including phenoxy) is 4. The second kappa shape index (κ2) is 10.2. The van der Waals surface area contributed by atoms with E-state index in [1.807, 2.05) is 37.3 Å². The topological polar surface area (TPSA) is 88.4 Å². The minimum Gasteiger partial charge on any atom is -0.493 e. The fourth-order valence-corrected chi connectivity index (χ4v) is 5.17. The average molecular weight is 495 g/mol. The first kappa shape index (κ1) is 24.3. The fourth-order valence-electron chi connectivity index (χ4n) is 4.15. The first-order chi connectivity index (χ1) is 17.0. The summed E-state index contributed by atoms with van der Waals surface area (Å²) in [6.45, 7) is 1.92. The minimum atomic E-state index is -0.642. The lowest BCUT2D eigenvalue weighted by atomic mass is 9.95. The van der Waals surface area contributed by atoms with E-state index >= 15 is 0 Å². The summed E-state index contributed by atoms with van der Waals surface area (Å²) in [5.41, 5.74) is 2.21. The Bertz CT molecular complexity index is 1440. The Morgan fingerprint density at radius 2 is 1.71 bits per heavy atom. The standard InChI is InChI=1S/C26H26N2O6S/c1-6-17-21(25(30)34-5)22(16-10-8-7-9-11-16)28-24(29)20(35-26(28)27-17)14-15-12-18(31-2)23(33-4)19(13-15)32-3/h7-14,22H,6H2,1-5H3/b20-14-/t22-/m0/s1. The number of fused-ring (bicyclic) bond motifs is 1. The molecule has 35 heavy (non-hydrogen) atoms. The van der Waals surface area contributed by atoms with Crippen LogP contribution in [0, 0.1) is 0 Å². The number of thiazole rings is 1. The van der Waals surface area contributed by atoms with Gasteiger partial charge < -0.3 is 18.9 Å². The molecule has 1 atom stereocenters. The monoisotopic (exact) mass is 494 g/mol. The van der Waals surface area contributed by atoms with Crippen LogP contribution in [0.1, 0.15) is 30.5 Å². The molecule has 4 rings (SSSR count). The van der Waals surface area contributed by atoms with Crippen molar-refractivity contribution in [3.05, 3.63) is 84.5 Å². The smallest absolute Gasteiger partial charge is 0.338 e. The summed E-state index contributed by atoms with van der Waals surface area (Å²) in [5, 5.41) is 0. The van der Waals surface area contributed by atoms with E-state index < -0.39 is 12.0 Å². The van der Waals surface area contributed by atoms with Crippen molar-refractivity contribution in [2.24, 2.45) is 4.99 Å². The number of rotatable bonds is 7. The molecule has 0 amide bonds. The molecule has 182 valence electrons. The van der Waals surface area contributed by atoms with Crippen LogP contribution in [-0.4, -0.2) is 39.0 Å². The van der Waals surface area contributed by atoms with Crippen LogP contribution in [-0.2, 0) is 9.53 Å². The number of hydrogen-bond acceptors (Lipinski definition) is 8. The maximum atomic E-state index is 13.7. The number of carbonyl (C=O) groups is 1. The van der Waals surface area contributed by atoms with E-state index in [-0.39, 0.29) is 5.56 Å². The molecule has 0 spiro atoms. The van der Waals surface area contributed by atoms with Crippen molar-refractivity contribution in [1.82, 2.24) is 4.57 Å². The lowest BCUT2D eigenvalue weighted by Crippen LogP contribution is -2.40. The summed E-state index contributed by atoms with van der Waals surface area (Å²) >= 11 is 1.26. The molecule has 8 nitrogen and oxygen atoms in total. The molecule has 0 fully saturated rings. The van der Waals surface area contributed by atoms with Crippen LogP contribution < -0.4 is 29.1 Å². The summed E-state index contributed by atoms with van der Waals surface area (Å²) in [6.07, 6.45) is 2.27. The molecule has 1 aliphatic heterocycles. The lowest BCUT2D eigenvalue weighted by molar-refractivity contribution is -0.136. The summed E-state index contributed by atoms with van der Waals surface area (Å²) in [6, 6.07) is 12.3. The van der Waals surface area contributed by atoms with Crippen LogP contribution in [0.15, 0.2) is 63.5 Å². The summed E-state index contributed by atoms with van der Waals surface area (Å²) < 4.78 is 23.4. The predicted molar refractivity (Wildman–Crippen MR) is 133 cm³/mol. The van der Waals surface area contributed by atoms with E-state index in [1.165, 1.54) is 39.8 Å². The molecule has 9 heteroatoms. The van der Waals surface area contributed by atoms with E-state index in [0.717, 1.165) is 5.56 Å². The average Bonchev–Trinajstić information content (AvgIpc) is 3.21. The second-order valence-electron chi connectivity index (χ2n) is 7.66. The maximum absolute atomic E-state index is 13.7. The summed E-state index contributed by atoms with van der Waals surface area (Å²) in [5.74, 6) is 0.926. The molecule has 3 aromatic rings. The minimum absolute atomic E-state index is 0.257. The number of methoxy groups -OCH3 is 4. The highest BCUT2D eigenvalue weighted by atomic mass is 32.1. The summed E-state index contributed by atoms with van der Waals surface area (Å²) in [4.78, 5) is 31.7. The van der Waals surface area contributed by atoms with Gasteiger partial charge in [-0.1, -0.05) is 48.6 Å². The molecule has 0 radical (unpaired) electrons. The third-order valence-electron chi connectivity index (χ3n) is 5.75. The quantitative estimate of drug-likeness (QED) is 0.470. The Balaban J connectivity index is 1.98. The molecule has 0 saturated heterocycles. The normalized spacial score (nSPS) is 15.3. The molecule has 2 aromatic carbocycles. The van der Waals surface area contributed by atoms with Gasteiger partial charge in [-0.15, -0.1) is 0 Å². The van der Waals surface area contributed by atoms with Crippen LogP contribution in [0.4, 0.5) is 0 Å². The van der Waals surface area contributed by atoms with Gasteiger partial charge in [-0.2, -0.15) is 0 Å². The number of hydrogen-bond donors (Lipinski definition) is 0. The Labute approximate surface area is 206 Å². The van der Waals surface area contributed by atoms with E-state index in [1.54, 1.807) is 22.8 Å². The van der Waals surface area contributed by atoms with Crippen molar-refractivity contribution < 1.29 is 23.7 Å². The Morgan fingerprint density at radius 3 is 2.26 bits per heavy atom. The number of allylic oxidation sites excluding steroid dienone is 1. The number of nitrogens with zero attached hydrogens (tertiary/aromatic N) is 2. The van der Waals surface area contributed by atoms with Gasteiger partial charge in [-0.05, 0) is 35.8 Å². The van der Waals surface area contributed by atoms with Gasteiger partial charge in [-0.25, -0.2) is 9.79 Å². The number of carbonyl (C=O) groups excluding carboxylic acids is 1. The van der Waals surface area contributed by atoms with Crippen LogP contribution in [0.3, 0.4) is 0 Å². The van der Waals surface area contributed by atoms with Crippen molar-refractivity contribution >= 4 is 23.4 Å². The molecule has 1 aromatic heterocycles. The second-order valence-corrected chi connectivity index (χ2v) is 8.67. The van der Waals surface area contributed by atoms with Gasteiger partial charge in [-0.3, -0.25) is 9.36 Å². The van der Waals surface area contributed by atoms with Crippen molar-refractivity contribution in [3.8, 4) is 17.2 Å². The third-order valence-corrected chi connectivity index (χ3v) is 6.73. The van der Waals surface area contributed by atoms with Gasteiger partial charge in [0.2, 0.25) is 5.75 Å². The van der Waals surface area contributed by atoms with E-state index in [2.05, 4.69) is 4.99 Å². The van der Waals surface area contributed by atoms with Crippen LogP contribution in [0.2, 0.25) is 0 Å². The molecule has 0 saturated carbocycles. The fraction of sp³-hybridized carbons (Fsp3) is 0.269. The van der Waals surface area contributed by atoms with Gasteiger partial charge >= 0.3 is 5.97 Å². The molecule has 0 unspecified atom stereocenters. The van der Waals surface area contributed by atoms with E-state index in [0.29, 0.717) is 49.8 Å². The Hall–Kier alpha value is -3.85. The van der Waals surface area contributed by atoms with Crippen molar-refractivity contribution in [1.29, 1.82) is 0 Å². The number of aromatic nitrogens is 1. The van der Waals surface area contributed by atoms with E-state index in [4.69, 9.17) is 18.9 Å². The first-order valence-electron chi connectivity index (χ1n) is 10.9. The van der Waals surface area contributed by atoms with E-state index in [9.17, 15) is 9.59 Å². The zero-order chi connectivity index (χ0) is 25.1. The van der Waals surface area contributed by atoms with Crippen molar-refractivity contribution in [2.75, 3.05) is 28.4 Å². The Morgan fingerprint density at radius 1 is 1.06 bits per heavy atom. The van der Waals surface area contributed by atoms with Crippen LogP contribution >= 0.6 is 11.3 Å². The van der Waals surface area contributed by atoms with Crippen molar-refractivity contribution in [2.45, 2.75) is 19.4 Å². The predicted octanol–water partition coefficient (Wildman–Crippen LogP) is 2.82. The number of esters is 1. The van der Waals surface area contributed by atoms with Crippen LogP contribution in [0.5, 0.6) is 17.2 Å². The zero-order valence-corrected chi connectivity index (χ0v) is 21.0. The lowest BCUT2D eigenvalue weighted by Gasteiger charge is -2.25. The van der Waals surface area contributed by atoms with Gasteiger partial charge in [0, 0.05) is 0 Å². The zero-order valence-electron chi connectivity index (χ0n) is 20.2. The van der Waals surface area contributed by atoms with Gasteiger partial charge in [0.05, 0.1) is 50.3 Å². The summed E-state index contributed by atoms with van der Waals surface area (Å²) in [7, 11) is 5.94. The van der Waals surface area contributed by atoms with Crippen LogP contribution in [0.25, 0.3) is 6.08 Å². The highest BCUT2D eigenvalue weighted by Crippen LogP contribution is 2.38. The molecular formula is C26H26N2O6S. The molecule has 1 aliphatic rings. The largest absolute Gasteiger partial charge is 0.493 e. The number of benzene rings is 2. The maximum Gasteiger partial charge on any atom is 0.338 e. The van der Waals surface area contributed by atoms with Gasteiger partial charge in [0.15, 0.2) is 16.3 Å². The molecule has 0 N–H and O–H groups in total. The highest BCUT2D eigenvalue weighted by molar-refractivity contribution is 7.07. The molecule has 0 aliphatic carbocycles. The molecule has 2 heterocycles.